The zero-order valence-electron chi connectivity index (χ0n) is 11.9. The number of rotatable bonds is 7. The van der Waals surface area contributed by atoms with E-state index < -0.39 is 17.0 Å². The molecule has 0 aromatic carbocycles. The number of carbonyl (C=O) groups is 1. The monoisotopic (exact) mass is 322 g/mol. The first-order valence-electron chi connectivity index (χ1n) is 6.73. The van der Waals surface area contributed by atoms with Gasteiger partial charge in [-0.15, -0.1) is 12.4 Å². The van der Waals surface area contributed by atoms with Crippen LogP contribution in [0.3, 0.4) is 0 Å². The van der Waals surface area contributed by atoms with Crippen molar-refractivity contribution in [1.82, 2.24) is 9.91 Å². The lowest BCUT2D eigenvalue weighted by atomic mass is 10.1. The van der Waals surface area contributed by atoms with E-state index in [1.54, 1.807) is 4.90 Å². The van der Waals surface area contributed by atoms with E-state index in [1.165, 1.54) is 0 Å². The summed E-state index contributed by atoms with van der Waals surface area (Å²) in [5.74, 6) is -0.632. The Kier molecular flexibility index (Phi) is 8.63. The minimum Gasteiger partial charge on any atom is -0.365 e. The number of guanidine groups is 1. The normalized spacial score (nSPS) is 15.2. The number of hydrogen-bond donors (Lipinski definition) is 3. The number of nitro groups is 1. The molecule has 1 saturated heterocycles. The van der Waals surface area contributed by atoms with Crippen molar-refractivity contribution < 1.29 is 9.83 Å². The lowest BCUT2D eigenvalue weighted by molar-refractivity contribution is -0.629. The largest absolute Gasteiger partial charge is 0.365 e. The van der Waals surface area contributed by atoms with Crippen molar-refractivity contribution in [2.24, 2.45) is 11.5 Å². The quantitative estimate of drug-likeness (QED) is 0.196. The summed E-state index contributed by atoms with van der Waals surface area (Å²) in [5, 5.41) is 17.5. The van der Waals surface area contributed by atoms with Gasteiger partial charge in [0.2, 0.25) is 5.91 Å². The molecule has 1 fully saturated rings. The van der Waals surface area contributed by atoms with Crippen LogP contribution in [-0.4, -0.2) is 52.5 Å². The molecule has 9 nitrogen and oxygen atoms in total. The molecule has 1 amide bonds. The van der Waals surface area contributed by atoms with Gasteiger partial charge in [0, 0.05) is 13.1 Å². The zero-order valence-corrected chi connectivity index (χ0v) is 12.7. The Morgan fingerprint density at radius 1 is 1.38 bits per heavy atom. The molecule has 0 radical (unpaired) electrons. The van der Waals surface area contributed by atoms with Gasteiger partial charge in [-0.25, -0.2) is 10.1 Å². The summed E-state index contributed by atoms with van der Waals surface area (Å²) in [7, 11) is 0. The number of carbonyl (C=O) groups excluding carboxylic acids is 1. The molecule has 1 aliphatic rings. The summed E-state index contributed by atoms with van der Waals surface area (Å²) >= 11 is 0. The molecule has 1 unspecified atom stereocenters. The number of likely N-dealkylation sites (tertiary alicyclic amines) is 1. The second-order valence-corrected chi connectivity index (χ2v) is 4.88. The van der Waals surface area contributed by atoms with Crippen molar-refractivity contribution in [3.05, 3.63) is 10.1 Å². The number of nitrogens with one attached hydrogen (secondary N) is 1. The van der Waals surface area contributed by atoms with Crippen LogP contribution < -0.4 is 11.5 Å². The Bertz CT molecular complexity index is 361. The summed E-state index contributed by atoms with van der Waals surface area (Å²) in [5.41, 5.74) is 10.9. The van der Waals surface area contributed by atoms with Crippen LogP contribution in [0, 0.1) is 15.5 Å². The fraction of sp³-hybridized carbons (Fsp3) is 0.818. The molecular weight excluding hydrogens is 300 g/mol. The van der Waals surface area contributed by atoms with Gasteiger partial charge in [-0.3, -0.25) is 10.2 Å². The molecular formula is C11H23ClN6O3. The van der Waals surface area contributed by atoms with Gasteiger partial charge < -0.3 is 16.4 Å². The van der Waals surface area contributed by atoms with E-state index in [2.05, 4.69) is 0 Å². The molecule has 1 atom stereocenters. The Morgan fingerprint density at radius 2 is 1.95 bits per heavy atom. The van der Waals surface area contributed by atoms with Crippen LogP contribution in [0.4, 0.5) is 0 Å². The van der Waals surface area contributed by atoms with Crippen molar-refractivity contribution in [3.8, 4) is 0 Å². The number of hydrogen-bond acceptors (Lipinski definition) is 5. The minimum atomic E-state index is -0.711. The lowest BCUT2D eigenvalue weighted by Crippen LogP contribution is -2.43. The lowest BCUT2D eigenvalue weighted by Gasteiger charge is -2.20. The number of nitrogens with zero attached hydrogens (tertiary/aromatic N) is 3. The number of hydrazine groups is 1. The summed E-state index contributed by atoms with van der Waals surface area (Å²) in [6.07, 6.45) is 3.57. The zero-order chi connectivity index (χ0) is 15.1. The summed E-state index contributed by atoms with van der Waals surface area (Å²) in [6.45, 7) is 1.59. The third-order valence-corrected chi connectivity index (χ3v) is 3.35. The molecule has 0 aliphatic carbocycles. The van der Waals surface area contributed by atoms with Gasteiger partial charge in [-0.2, -0.15) is 0 Å². The van der Waals surface area contributed by atoms with Crippen LogP contribution >= 0.6 is 12.4 Å². The molecule has 1 rings (SSSR count). The molecule has 0 spiro atoms. The van der Waals surface area contributed by atoms with E-state index in [0.717, 1.165) is 25.9 Å². The van der Waals surface area contributed by atoms with Crippen molar-refractivity contribution in [1.29, 1.82) is 5.41 Å². The Hall–Kier alpha value is -1.61. The van der Waals surface area contributed by atoms with Crippen molar-refractivity contribution in [2.75, 3.05) is 19.6 Å². The standard InChI is InChI=1S/C11H22N6O3.ClH/c12-9(10(18)15-6-3-4-7-15)5-1-2-8-16(11(13)14)17(19)20;/h9H,1-8,12H2,(H3,13,14);1H. The number of halogens is 1. The molecule has 0 saturated carbocycles. The van der Waals surface area contributed by atoms with Crippen LogP contribution in [0.5, 0.6) is 0 Å². The molecule has 1 heterocycles. The average molecular weight is 323 g/mol. The van der Waals surface area contributed by atoms with Gasteiger partial charge in [-0.1, -0.05) is 5.01 Å². The van der Waals surface area contributed by atoms with Gasteiger partial charge >= 0.3 is 0 Å². The highest BCUT2D eigenvalue weighted by Crippen LogP contribution is 2.11. The van der Waals surface area contributed by atoms with Crippen molar-refractivity contribution in [3.63, 3.8) is 0 Å². The van der Waals surface area contributed by atoms with Gasteiger partial charge in [-0.05, 0) is 32.1 Å². The predicted octanol–water partition coefficient (Wildman–Crippen LogP) is -0.0846. The van der Waals surface area contributed by atoms with E-state index >= 15 is 0 Å². The Balaban J connectivity index is 0.00000400. The van der Waals surface area contributed by atoms with E-state index in [-0.39, 0.29) is 24.9 Å². The Labute approximate surface area is 129 Å². The molecule has 10 heteroatoms. The molecule has 5 N–H and O–H groups in total. The van der Waals surface area contributed by atoms with Crippen LogP contribution in [0.25, 0.3) is 0 Å². The second kappa shape index (κ2) is 9.35. The maximum Gasteiger partial charge on any atom is 0.251 e. The second-order valence-electron chi connectivity index (χ2n) is 4.88. The molecule has 122 valence electrons. The number of amides is 1. The van der Waals surface area contributed by atoms with Gasteiger partial charge in [0.1, 0.15) is 0 Å². The fourth-order valence-corrected chi connectivity index (χ4v) is 2.21. The minimum absolute atomic E-state index is 0. The topological polar surface area (TPSA) is 143 Å². The van der Waals surface area contributed by atoms with E-state index in [1.807, 2.05) is 0 Å². The summed E-state index contributed by atoms with van der Waals surface area (Å²) in [4.78, 5) is 24.3. The SMILES string of the molecule is Cl.N=C(N)N(CCCCC(N)C(=O)N1CCCC1)[N+](=O)[O-]. The number of unbranched alkanes of at least 4 members (excludes halogenated alkanes) is 1. The van der Waals surface area contributed by atoms with Crippen molar-refractivity contribution in [2.45, 2.75) is 38.1 Å². The van der Waals surface area contributed by atoms with Gasteiger partial charge in [0.05, 0.1) is 12.6 Å². The van der Waals surface area contributed by atoms with Gasteiger partial charge in [0.25, 0.3) is 5.96 Å². The third-order valence-electron chi connectivity index (χ3n) is 3.35. The molecule has 21 heavy (non-hydrogen) atoms. The first kappa shape index (κ1) is 19.4. The highest BCUT2D eigenvalue weighted by Gasteiger charge is 2.23. The highest BCUT2D eigenvalue weighted by molar-refractivity contribution is 5.85. The van der Waals surface area contributed by atoms with E-state index in [0.29, 0.717) is 24.3 Å². The average Bonchev–Trinajstić information content (AvgIpc) is 2.90. The first-order chi connectivity index (χ1) is 9.43. The third kappa shape index (κ3) is 6.13. The van der Waals surface area contributed by atoms with Crippen LogP contribution in [-0.2, 0) is 4.79 Å². The summed E-state index contributed by atoms with van der Waals surface area (Å²) < 4.78 is 0. The maximum atomic E-state index is 11.9. The van der Waals surface area contributed by atoms with Crippen LogP contribution in [0.15, 0.2) is 0 Å². The Morgan fingerprint density at radius 3 is 2.43 bits per heavy atom. The van der Waals surface area contributed by atoms with E-state index in [9.17, 15) is 14.9 Å². The molecule has 0 aromatic rings. The molecule has 1 aliphatic heterocycles. The highest BCUT2D eigenvalue weighted by atomic mass is 35.5. The van der Waals surface area contributed by atoms with Gasteiger partial charge in [0.15, 0.2) is 5.03 Å². The number of nitrogens with two attached hydrogens (primary N) is 2. The van der Waals surface area contributed by atoms with Crippen LogP contribution in [0.2, 0.25) is 0 Å². The van der Waals surface area contributed by atoms with Crippen LogP contribution in [0.1, 0.15) is 32.1 Å². The molecule has 0 bridgehead atoms. The molecule has 0 aromatic heterocycles. The van der Waals surface area contributed by atoms with E-state index in [4.69, 9.17) is 16.9 Å². The maximum absolute atomic E-state index is 11.9. The van der Waals surface area contributed by atoms with Crippen molar-refractivity contribution >= 4 is 24.3 Å². The fourth-order valence-electron chi connectivity index (χ4n) is 2.21. The first-order valence-corrected chi connectivity index (χ1v) is 6.73. The smallest absolute Gasteiger partial charge is 0.251 e. The summed E-state index contributed by atoms with van der Waals surface area (Å²) in [6, 6.07) is -0.547. The predicted molar refractivity (Wildman–Crippen MR) is 80.5 cm³/mol.